The third-order valence-electron chi connectivity index (χ3n) is 5.84. The molecule has 38 heavy (non-hydrogen) atoms. The molecular formula is C25H24N8O4S. The van der Waals surface area contributed by atoms with Crippen molar-refractivity contribution in [3.05, 3.63) is 88.0 Å². The Morgan fingerprint density at radius 2 is 1.76 bits per heavy atom. The van der Waals surface area contributed by atoms with E-state index in [9.17, 15) is 18.0 Å². The summed E-state index contributed by atoms with van der Waals surface area (Å²) in [5, 5.41) is 11.8. The molecule has 194 valence electrons. The van der Waals surface area contributed by atoms with Gasteiger partial charge in [0.05, 0.1) is 22.5 Å². The van der Waals surface area contributed by atoms with E-state index in [2.05, 4.69) is 25.5 Å². The Morgan fingerprint density at radius 1 is 1.03 bits per heavy atom. The van der Waals surface area contributed by atoms with E-state index in [4.69, 9.17) is 0 Å². The summed E-state index contributed by atoms with van der Waals surface area (Å²) < 4.78 is 28.6. The van der Waals surface area contributed by atoms with E-state index < -0.39 is 21.5 Å². The van der Waals surface area contributed by atoms with Crippen molar-refractivity contribution in [2.75, 3.05) is 19.4 Å². The Labute approximate surface area is 217 Å². The first-order chi connectivity index (χ1) is 18.0. The molecule has 0 saturated heterocycles. The van der Waals surface area contributed by atoms with Gasteiger partial charge in [-0.25, -0.2) is 17.4 Å². The Bertz CT molecular complexity index is 1850. The number of rotatable bonds is 6. The lowest BCUT2D eigenvalue weighted by molar-refractivity contribution is 0.102. The van der Waals surface area contributed by atoms with Gasteiger partial charge in [-0.2, -0.15) is 19.9 Å². The minimum Gasteiger partial charge on any atom is -0.306 e. The fourth-order valence-electron chi connectivity index (χ4n) is 3.88. The fraction of sp³-hybridized carbons (Fsp3) is 0.160. The van der Waals surface area contributed by atoms with Crippen LogP contribution in [-0.2, 0) is 10.0 Å². The zero-order valence-electron chi connectivity index (χ0n) is 21.0. The molecule has 0 spiro atoms. The first-order valence-electron chi connectivity index (χ1n) is 11.5. The van der Waals surface area contributed by atoms with Gasteiger partial charge in [0.2, 0.25) is 16.0 Å². The predicted molar refractivity (Wildman–Crippen MR) is 141 cm³/mol. The van der Waals surface area contributed by atoms with Crippen LogP contribution in [0.15, 0.2) is 70.5 Å². The quantitative estimate of drug-likeness (QED) is 0.341. The lowest BCUT2D eigenvalue weighted by atomic mass is 10.2. The molecule has 2 N–H and O–H groups in total. The number of sulfonamides is 1. The molecule has 12 nitrogen and oxygen atoms in total. The van der Waals surface area contributed by atoms with Gasteiger partial charge in [0, 0.05) is 25.7 Å². The zero-order chi connectivity index (χ0) is 27.2. The number of benzene rings is 2. The number of nitrogens with one attached hydrogen (secondary N) is 2. The standard InChI is InChI=1S/C25H24N8O4S/c1-15-6-5-7-18(12-15)32-22-20(14-26-32)24(35)29-25(28-22)33-21(13-16(2)30-33)27-23(34)17-8-10-19(11-9-17)38(36,37)31(3)4/h5-14H,1-4H3,(H,27,34)(H,28,29,35). The SMILES string of the molecule is Cc1cccc(-n2ncc3c(=O)[nH]c(-n4nc(C)cc4NC(=O)c4ccc(S(=O)(=O)N(C)C)cc4)nc32)c1. The highest BCUT2D eigenvalue weighted by Gasteiger charge is 2.20. The van der Waals surface area contributed by atoms with Crippen molar-refractivity contribution in [2.45, 2.75) is 18.7 Å². The molecule has 5 aromatic rings. The highest BCUT2D eigenvalue weighted by Crippen LogP contribution is 2.20. The molecule has 0 aliphatic carbocycles. The largest absolute Gasteiger partial charge is 0.306 e. The smallest absolute Gasteiger partial charge is 0.263 e. The summed E-state index contributed by atoms with van der Waals surface area (Å²) in [4.78, 5) is 33.2. The summed E-state index contributed by atoms with van der Waals surface area (Å²) in [6.07, 6.45) is 1.45. The van der Waals surface area contributed by atoms with E-state index in [0.717, 1.165) is 15.6 Å². The van der Waals surface area contributed by atoms with Crippen molar-refractivity contribution in [1.29, 1.82) is 0 Å². The van der Waals surface area contributed by atoms with E-state index in [1.54, 1.807) is 17.7 Å². The number of aromatic nitrogens is 6. The van der Waals surface area contributed by atoms with Crippen LogP contribution in [-0.4, -0.2) is 62.3 Å². The number of aromatic amines is 1. The molecule has 0 atom stereocenters. The molecule has 0 aliphatic rings. The molecule has 0 bridgehead atoms. The van der Waals surface area contributed by atoms with Gasteiger partial charge in [-0.15, -0.1) is 0 Å². The number of carbonyl (C=O) groups is 1. The number of fused-ring (bicyclic) bond motifs is 1. The molecule has 2 aromatic carbocycles. The number of hydrogen-bond acceptors (Lipinski definition) is 7. The van der Waals surface area contributed by atoms with E-state index in [1.807, 2.05) is 31.2 Å². The second-order valence-electron chi connectivity index (χ2n) is 8.87. The molecule has 1 amide bonds. The summed E-state index contributed by atoms with van der Waals surface area (Å²) >= 11 is 0. The molecule has 0 radical (unpaired) electrons. The van der Waals surface area contributed by atoms with Crippen molar-refractivity contribution in [3.63, 3.8) is 0 Å². The van der Waals surface area contributed by atoms with Crippen molar-refractivity contribution < 1.29 is 13.2 Å². The first-order valence-corrected chi connectivity index (χ1v) is 12.9. The van der Waals surface area contributed by atoms with Crippen LogP contribution in [0.2, 0.25) is 0 Å². The first kappa shape index (κ1) is 25.0. The van der Waals surface area contributed by atoms with Crippen molar-refractivity contribution >= 4 is 32.8 Å². The molecule has 0 aliphatic heterocycles. The summed E-state index contributed by atoms with van der Waals surface area (Å²) in [5.41, 5.74) is 2.50. The monoisotopic (exact) mass is 532 g/mol. The lowest BCUT2D eigenvalue weighted by Crippen LogP contribution is -2.22. The van der Waals surface area contributed by atoms with E-state index >= 15 is 0 Å². The maximum absolute atomic E-state index is 13.0. The van der Waals surface area contributed by atoms with Gasteiger partial charge < -0.3 is 5.32 Å². The van der Waals surface area contributed by atoms with Crippen LogP contribution in [0.3, 0.4) is 0 Å². The van der Waals surface area contributed by atoms with E-state index in [0.29, 0.717) is 16.7 Å². The molecule has 0 unspecified atom stereocenters. The number of amides is 1. The second-order valence-corrected chi connectivity index (χ2v) is 11.0. The van der Waals surface area contributed by atoms with E-state index in [1.165, 1.54) is 49.2 Å². The number of nitrogens with zero attached hydrogens (tertiary/aromatic N) is 6. The number of hydrogen-bond donors (Lipinski definition) is 2. The van der Waals surface area contributed by atoms with Crippen LogP contribution in [0.1, 0.15) is 21.6 Å². The molecule has 3 heterocycles. The summed E-state index contributed by atoms with van der Waals surface area (Å²) in [6, 6.07) is 14.8. The number of H-pyrrole nitrogens is 1. The molecule has 0 saturated carbocycles. The van der Waals surface area contributed by atoms with Crippen molar-refractivity contribution in [2.24, 2.45) is 0 Å². The maximum atomic E-state index is 13.0. The van der Waals surface area contributed by atoms with Crippen LogP contribution >= 0.6 is 0 Å². The highest BCUT2D eigenvalue weighted by atomic mass is 32.2. The summed E-state index contributed by atoms with van der Waals surface area (Å²) in [7, 11) is -0.756. The van der Waals surface area contributed by atoms with Crippen molar-refractivity contribution in [1.82, 2.24) is 33.8 Å². The van der Waals surface area contributed by atoms with Gasteiger partial charge in [-0.3, -0.25) is 14.6 Å². The summed E-state index contributed by atoms with van der Waals surface area (Å²) in [6.45, 7) is 3.69. The third-order valence-corrected chi connectivity index (χ3v) is 7.67. The van der Waals surface area contributed by atoms with Gasteiger partial charge in [-0.05, 0) is 55.8 Å². The number of anilines is 1. The minimum atomic E-state index is -3.62. The van der Waals surface area contributed by atoms with Crippen LogP contribution < -0.4 is 10.9 Å². The highest BCUT2D eigenvalue weighted by molar-refractivity contribution is 7.89. The van der Waals surface area contributed by atoms with Gasteiger partial charge in [0.15, 0.2) is 5.65 Å². The Morgan fingerprint density at radius 3 is 2.45 bits per heavy atom. The molecule has 5 rings (SSSR count). The zero-order valence-corrected chi connectivity index (χ0v) is 21.8. The Balaban J connectivity index is 1.50. The summed E-state index contributed by atoms with van der Waals surface area (Å²) in [5.74, 6) is -0.137. The molecule has 13 heteroatoms. The normalized spacial score (nSPS) is 11.8. The molecule has 0 fully saturated rings. The number of carbonyl (C=O) groups excluding carboxylic acids is 1. The van der Waals surface area contributed by atoms with Gasteiger partial charge in [-0.1, -0.05) is 12.1 Å². The van der Waals surface area contributed by atoms with Gasteiger partial charge >= 0.3 is 0 Å². The Hall–Kier alpha value is -4.62. The van der Waals surface area contributed by atoms with Crippen LogP contribution in [0, 0.1) is 13.8 Å². The number of aryl methyl sites for hydroxylation is 2. The topological polar surface area (TPSA) is 148 Å². The predicted octanol–water partition coefficient (Wildman–Crippen LogP) is 2.41. The fourth-order valence-corrected chi connectivity index (χ4v) is 4.79. The molecular weight excluding hydrogens is 508 g/mol. The van der Waals surface area contributed by atoms with Crippen LogP contribution in [0.4, 0.5) is 5.82 Å². The van der Waals surface area contributed by atoms with Crippen LogP contribution in [0.5, 0.6) is 0 Å². The van der Waals surface area contributed by atoms with Gasteiger partial charge in [0.1, 0.15) is 11.2 Å². The van der Waals surface area contributed by atoms with Gasteiger partial charge in [0.25, 0.3) is 11.5 Å². The molecule has 3 aromatic heterocycles. The minimum absolute atomic E-state index is 0.0697. The second kappa shape index (κ2) is 9.36. The van der Waals surface area contributed by atoms with E-state index in [-0.39, 0.29) is 22.2 Å². The average molecular weight is 533 g/mol. The lowest BCUT2D eigenvalue weighted by Gasteiger charge is -2.12. The average Bonchev–Trinajstić information content (AvgIpc) is 3.47. The maximum Gasteiger partial charge on any atom is 0.263 e. The van der Waals surface area contributed by atoms with Crippen molar-refractivity contribution in [3.8, 4) is 11.6 Å². The van der Waals surface area contributed by atoms with Crippen LogP contribution in [0.25, 0.3) is 22.7 Å². The third kappa shape index (κ3) is 4.48. The Kier molecular flexibility index (Phi) is 6.17.